The number of rotatable bonds is 2. The number of hydrogen-bond donors (Lipinski definition) is 1. The van der Waals surface area contributed by atoms with Crippen molar-refractivity contribution >= 4 is 5.91 Å². The lowest BCUT2D eigenvalue weighted by Crippen LogP contribution is -2.61. The Kier molecular flexibility index (Phi) is 4.05. The third kappa shape index (κ3) is 3.68. The molecule has 2 aliphatic heterocycles. The third-order valence-electron chi connectivity index (χ3n) is 3.70. The van der Waals surface area contributed by atoms with Crippen LogP contribution in [0.5, 0.6) is 0 Å². The highest BCUT2D eigenvalue weighted by Gasteiger charge is 2.37. The van der Waals surface area contributed by atoms with E-state index in [4.69, 9.17) is 0 Å². The van der Waals surface area contributed by atoms with Gasteiger partial charge in [-0.25, -0.2) is 0 Å². The van der Waals surface area contributed by atoms with Crippen molar-refractivity contribution in [1.29, 1.82) is 0 Å². The number of carbonyl (C=O) groups excluding carboxylic acids is 1. The number of hydrogen-bond acceptors (Lipinski definition) is 3. The van der Waals surface area contributed by atoms with Crippen molar-refractivity contribution in [3.63, 3.8) is 0 Å². The van der Waals surface area contributed by atoms with E-state index in [-0.39, 0.29) is 5.91 Å². The van der Waals surface area contributed by atoms with Crippen LogP contribution in [0.1, 0.15) is 39.0 Å². The summed E-state index contributed by atoms with van der Waals surface area (Å²) in [7, 11) is 0. The molecule has 0 bridgehead atoms. The molecular formula is C13H24N2O2. The van der Waals surface area contributed by atoms with Crippen LogP contribution >= 0.6 is 0 Å². The summed E-state index contributed by atoms with van der Waals surface area (Å²) < 4.78 is 0. The van der Waals surface area contributed by atoms with Crippen molar-refractivity contribution in [2.45, 2.75) is 44.6 Å². The molecular weight excluding hydrogens is 216 g/mol. The summed E-state index contributed by atoms with van der Waals surface area (Å²) in [5.74, 6) is 0.238. The molecule has 0 aromatic heterocycles. The Morgan fingerprint density at radius 2 is 1.65 bits per heavy atom. The van der Waals surface area contributed by atoms with Gasteiger partial charge in [0, 0.05) is 26.2 Å². The highest BCUT2D eigenvalue weighted by Crippen LogP contribution is 2.19. The van der Waals surface area contributed by atoms with Gasteiger partial charge in [0.05, 0.1) is 12.1 Å². The van der Waals surface area contributed by atoms with Crippen LogP contribution < -0.4 is 0 Å². The van der Waals surface area contributed by atoms with Crippen LogP contribution in [0.4, 0.5) is 0 Å². The highest BCUT2D eigenvalue weighted by molar-refractivity contribution is 5.78. The Balaban J connectivity index is 1.74. The fraction of sp³-hybridized carbons (Fsp3) is 0.923. The van der Waals surface area contributed by atoms with Crippen LogP contribution in [0.15, 0.2) is 0 Å². The summed E-state index contributed by atoms with van der Waals surface area (Å²) in [6.45, 7) is 5.41. The molecule has 0 radical (unpaired) electrons. The van der Waals surface area contributed by atoms with Crippen molar-refractivity contribution in [2.75, 3.05) is 32.7 Å². The SMILES string of the molecule is CC1(O)CN(CC(=O)N2CCCCCCC2)C1. The van der Waals surface area contributed by atoms with Gasteiger partial charge in [-0.2, -0.15) is 0 Å². The summed E-state index contributed by atoms with van der Waals surface area (Å²) in [5, 5.41) is 9.62. The highest BCUT2D eigenvalue weighted by atomic mass is 16.3. The first kappa shape index (κ1) is 12.8. The molecule has 2 fully saturated rings. The molecule has 1 N–H and O–H groups in total. The summed E-state index contributed by atoms with van der Waals surface area (Å²) in [6, 6.07) is 0. The van der Waals surface area contributed by atoms with Gasteiger partial charge in [0.1, 0.15) is 0 Å². The lowest BCUT2D eigenvalue weighted by molar-refractivity contribution is -0.140. The average molecular weight is 240 g/mol. The van der Waals surface area contributed by atoms with Crippen LogP contribution in [-0.4, -0.2) is 59.1 Å². The van der Waals surface area contributed by atoms with Gasteiger partial charge in [0.2, 0.25) is 5.91 Å². The minimum absolute atomic E-state index is 0.238. The number of nitrogens with zero attached hydrogens (tertiary/aromatic N) is 2. The second-order valence-corrected chi connectivity index (χ2v) is 5.79. The van der Waals surface area contributed by atoms with Gasteiger partial charge in [0.25, 0.3) is 0 Å². The number of aliphatic hydroxyl groups is 1. The summed E-state index contributed by atoms with van der Waals surface area (Å²) in [5.41, 5.74) is -0.573. The molecule has 1 amide bonds. The Bertz CT molecular complexity index is 263. The third-order valence-corrected chi connectivity index (χ3v) is 3.70. The van der Waals surface area contributed by atoms with E-state index in [1.54, 1.807) is 0 Å². The molecule has 4 nitrogen and oxygen atoms in total. The molecule has 0 spiro atoms. The van der Waals surface area contributed by atoms with E-state index >= 15 is 0 Å². The maximum absolute atomic E-state index is 12.1. The lowest BCUT2D eigenvalue weighted by atomic mass is 9.97. The first-order valence-electron chi connectivity index (χ1n) is 6.79. The molecule has 2 aliphatic rings. The second kappa shape index (κ2) is 5.36. The predicted molar refractivity (Wildman–Crippen MR) is 66.7 cm³/mol. The van der Waals surface area contributed by atoms with Gasteiger partial charge in [0.15, 0.2) is 0 Å². The van der Waals surface area contributed by atoms with E-state index in [2.05, 4.69) is 0 Å². The number of amides is 1. The Morgan fingerprint density at radius 3 is 2.18 bits per heavy atom. The number of carbonyl (C=O) groups is 1. The standard InChI is InChI=1S/C13H24N2O2/c1-13(17)10-14(11-13)9-12(16)15-7-5-3-2-4-6-8-15/h17H,2-11H2,1H3. The van der Waals surface area contributed by atoms with Gasteiger partial charge in [-0.15, -0.1) is 0 Å². The molecule has 0 unspecified atom stereocenters. The molecule has 0 aromatic carbocycles. The van der Waals surface area contributed by atoms with Gasteiger partial charge in [-0.3, -0.25) is 9.69 Å². The zero-order chi connectivity index (χ0) is 12.3. The van der Waals surface area contributed by atoms with Crippen LogP contribution in [0.3, 0.4) is 0 Å². The topological polar surface area (TPSA) is 43.8 Å². The maximum Gasteiger partial charge on any atom is 0.236 e. The van der Waals surface area contributed by atoms with Crippen LogP contribution in [0.2, 0.25) is 0 Å². The van der Waals surface area contributed by atoms with Crippen molar-refractivity contribution in [1.82, 2.24) is 9.80 Å². The van der Waals surface area contributed by atoms with E-state index in [0.29, 0.717) is 19.6 Å². The molecule has 2 rings (SSSR count). The minimum atomic E-state index is -0.573. The monoisotopic (exact) mass is 240 g/mol. The Labute approximate surface area is 104 Å². The van der Waals surface area contributed by atoms with Gasteiger partial charge in [-0.1, -0.05) is 19.3 Å². The van der Waals surface area contributed by atoms with E-state index in [1.165, 1.54) is 19.3 Å². The van der Waals surface area contributed by atoms with Crippen molar-refractivity contribution in [3.8, 4) is 0 Å². The Morgan fingerprint density at radius 1 is 1.12 bits per heavy atom. The van der Waals surface area contributed by atoms with Gasteiger partial charge < -0.3 is 10.0 Å². The molecule has 0 atom stereocenters. The van der Waals surface area contributed by atoms with Crippen molar-refractivity contribution in [3.05, 3.63) is 0 Å². The summed E-state index contributed by atoms with van der Waals surface area (Å²) in [4.78, 5) is 16.1. The number of β-amino-alcohol motifs (C(OH)–C–C–N with tert-alkyl or cyclic N) is 1. The molecule has 2 heterocycles. The van der Waals surface area contributed by atoms with E-state index < -0.39 is 5.60 Å². The van der Waals surface area contributed by atoms with Gasteiger partial charge in [-0.05, 0) is 19.8 Å². The van der Waals surface area contributed by atoms with E-state index in [9.17, 15) is 9.90 Å². The predicted octanol–water partition coefficient (Wildman–Crippen LogP) is 0.846. The quantitative estimate of drug-likeness (QED) is 0.778. The molecule has 98 valence electrons. The molecule has 0 aliphatic carbocycles. The van der Waals surface area contributed by atoms with Crippen molar-refractivity contribution in [2.24, 2.45) is 0 Å². The minimum Gasteiger partial charge on any atom is -0.388 e. The maximum atomic E-state index is 12.1. The molecule has 0 aromatic rings. The molecule has 4 heteroatoms. The van der Waals surface area contributed by atoms with Gasteiger partial charge >= 0.3 is 0 Å². The molecule has 0 saturated carbocycles. The van der Waals surface area contributed by atoms with Crippen LogP contribution in [0, 0.1) is 0 Å². The first-order chi connectivity index (χ1) is 8.07. The van der Waals surface area contributed by atoms with Crippen molar-refractivity contribution < 1.29 is 9.90 Å². The largest absolute Gasteiger partial charge is 0.388 e. The molecule has 2 saturated heterocycles. The lowest BCUT2D eigenvalue weighted by Gasteiger charge is -2.44. The van der Waals surface area contributed by atoms with E-state index in [1.807, 2.05) is 16.7 Å². The number of likely N-dealkylation sites (tertiary alicyclic amines) is 2. The normalized spacial score (nSPS) is 25.9. The zero-order valence-electron chi connectivity index (χ0n) is 10.8. The summed E-state index contributed by atoms with van der Waals surface area (Å²) in [6.07, 6.45) is 6.11. The second-order valence-electron chi connectivity index (χ2n) is 5.79. The zero-order valence-corrected chi connectivity index (χ0v) is 10.8. The van der Waals surface area contributed by atoms with Crippen LogP contribution in [-0.2, 0) is 4.79 Å². The van der Waals surface area contributed by atoms with E-state index in [0.717, 1.165) is 25.9 Å². The molecule has 17 heavy (non-hydrogen) atoms. The Hall–Kier alpha value is -0.610. The smallest absolute Gasteiger partial charge is 0.236 e. The average Bonchev–Trinajstić information content (AvgIpc) is 2.13. The fourth-order valence-corrected chi connectivity index (χ4v) is 2.82. The summed E-state index contributed by atoms with van der Waals surface area (Å²) >= 11 is 0. The fourth-order valence-electron chi connectivity index (χ4n) is 2.82. The first-order valence-corrected chi connectivity index (χ1v) is 6.79. The van der Waals surface area contributed by atoms with Crippen LogP contribution in [0.25, 0.3) is 0 Å².